The zero-order chi connectivity index (χ0) is 12.3. The summed E-state index contributed by atoms with van der Waals surface area (Å²) in [5.41, 5.74) is 6.37. The number of nitrogen functional groups attached to an aromatic ring is 1. The molecule has 5 nitrogen and oxygen atoms in total. The van der Waals surface area contributed by atoms with Crippen LogP contribution < -0.4 is 11.1 Å². The second-order valence-corrected chi connectivity index (χ2v) is 3.82. The molecule has 0 bridgehead atoms. The molecule has 88 valence electrons. The number of nitrogens with one attached hydrogen (secondary N) is 1. The van der Waals surface area contributed by atoms with Crippen molar-refractivity contribution in [1.82, 2.24) is 10.3 Å². The van der Waals surface area contributed by atoms with Crippen molar-refractivity contribution in [3.8, 4) is 0 Å². The van der Waals surface area contributed by atoms with E-state index < -0.39 is 0 Å². The summed E-state index contributed by atoms with van der Waals surface area (Å²) >= 11 is 5.75. The van der Waals surface area contributed by atoms with Crippen molar-refractivity contribution in [3.05, 3.63) is 46.8 Å². The minimum Gasteiger partial charge on any atom is -0.431 e. The van der Waals surface area contributed by atoms with Gasteiger partial charge in [0.2, 0.25) is 0 Å². The van der Waals surface area contributed by atoms with Gasteiger partial charge in [-0.3, -0.25) is 4.79 Å². The van der Waals surface area contributed by atoms with E-state index in [2.05, 4.69) is 10.3 Å². The Balaban J connectivity index is 1.94. The maximum atomic E-state index is 11.6. The van der Waals surface area contributed by atoms with E-state index in [4.69, 9.17) is 21.8 Å². The molecule has 6 heteroatoms. The Morgan fingerprint density at radius 1 is 1.41 bits per heavy atom. The van der Waals surface area contributed by atoms with Gasteiger partial charge < -0.3 is 15.5 Å². The summed E-state index contributed by atoms with van der Waals surface area (Å²) in [6.07, 6.45) is 1.21. The fourth-order valence-electron chi connectivity index (χ4n) is 1.27. The van der Waals surface area contributed by atoms with Crippen LogP contribution in [0.5, 0.6) is 0 Å². The number of benzene rings is 1. The molecule has 0 spiro atoms. The molecule has 0 atom stereocenters. The summed E-state index contributed by atoms with van der Waals surface area (Å²) in [4.78, 5) is 15.3. The lowest BCUT2D eigenvalue weighted by molar-refractivity contribution is 0.0946. The zero-order valence-corrected chi connectivity index (χ0v) is 9.57. The SMILES string of the molecule is Nc1nc(C(=O)NCc2ccc(Cl)cc2)co1. The molecule has 0 saturated carbocycles. The topological polar surface area (TPSA) is 81.1 Å². The fraction of sp³-hybridized carbons (Fsp3) is 0.0909. The first-order chi connectivity index (χ1) is 8.15. The quantitative estimate of drug-likeness (QED) is 0.872. The van der Waals surface area contributed by atoms with Gasteiger partial charge in [0.05, 0.1) is 0 Å². The molecule has 0 aliphatic heterocycles. The first-order valence-electron chi connectivity index (χ1n) is 4.89. The van der Waals surface area contributed by atoms with E-state index in [0.29, 0.717) is 11.6 Å². The Hall–Kier alpha value is -2.01. The van der Waals surface area contributed by atoms with E-state index in [1.165, 1.54) is 6.26 Å². The summed E-state index contributed by atoms with van der Waals surface area (Å²) in [7, 11) is 0. The van der Waals surface area contributed by atoms with E-state index in [9.17, 15) is 4.79 Å². The number of aromatic nitrogens is 1. The van der Waals surface area contributed by atoms with E-state index in [0.717, 1.165) is 5.56 Å². The summed E-state index contributed by atoms with van der Waals surface area (Å²) in [5.74, 6) is -0.333. The molecule has 3 N–H and O–H groups in total. The minimum atomic E-state index is -0.333. The predicted molar refractivity (Wildman–Crippen MR) is 63.5 cm³/mol. The first-order valence-corrected chi connectivity index (χ1v) is 5.26. The van der Waals surface area contributed by atoms with Gasteiger partial charge in [0.1, 0.15) is 6.26 Å². The van der Waals surface area contributed by atoms with Crippen molar-refractivity contribution >= 4 is 23.5 Å². The molecule has 1 heterocycles. The first kappa shape index (κ1) is 11.5. The van der Waals surface area contributed by atoms with Crippen LogP contribution in [0.25, 0.3) is 0 Å². The van der Waals surface area contributed by atoms with Crippen molar-refractivity contribution in [3.63, 3.8) is 0 Å². The van der Waals surface area contributed by atoms with Gasteiger partial charge in [-0.25, -0.2) is 0 Å². The van der Waals surface area contributed by atoms with Crippen molar-refractivity contribution in [2.75, 3.05) is 5.73 Å². The van der Waals surface area contributed by atoms with Crippen LogP contribution in [-0.2, 0) is 6.54 Å². The van der Waals surface area contributed by atoms with Gasteiger partial charge >= 0.3 is 0 Å². The molecule has 2 rings (SSSR count). The Morgan fingerprint density at radius 2 is 2.12 bits per heavy atom. The number of anilines is 1. The van der Waals surface area contributed by atoms with Gasteiger partial charge in [0.25, 0.3) is 11.9 Å². The molecule has 0 radical (unpaired) electrons. The van der Waals surface area contributed by atoms with E-state index in [-0.39, 0.29) is 17.6 Å². The van der Waals surface area contributed by atoms with Crippen LogP contribution in [0.2, 0.25) is 5.02 Å². The Kier molecular flexibility index (Phi) is 3.30. The molecule has 1 aromatic carbocycles. The zero-order valence-electron chi connectivity index (χ0n) is 8.81. The average molecular weight is 252 g/mol. The second kappa shape index (κ2) is 4.88. The molecule has 17 heavy (non-hydrogen) atoms. The third-order valence-corrected chi connectivity index (χ3v) is 2.37. The van der Waals surface area contributed by atoms with E-state index >= 15 is 0 Å². The number of carbonyl (C=O) groups is 1. The van der Waals surface area contributed by atoms with Gasteiger partial charge in [-0.2, -0.15) is 4.98 Å². The van der Waals surface area contributed by atoms with E-state index in [1.807, 2.05) is 12.1 Å². The van der Waals surface area contributed by atoms with Gasteiger partial charge in [-0.1, -0.05) is 23.7 Å². The number of halogens is 1. The summed E-state index contributed by atoms with van der Waals surface area (Å²) in [5, 5.41) is 3.34. The molecule has 0 saturated heterocycles. The number of hydrogen-bond acceptors (Lipinski definition) is 4. The highest BCUT2D eigenvalue weighted by molar-refractivity contribution is 6.30. The number of nitrogens with zero attached hydrogens (tertiary/aromatic N) is 1. The lowest BCUT2D eigenvalue weighted by Crippen LogP contribution is -2.23. The largest absolute Gasteiger partial charge is 0.431 e. The van der Waals surface area contributed by atoms with Crippen LogP contribution in [-0.4, -0.2) is 10.9 Å². The van der Waals surface area contributed by atoms with Crippen LogP contribution in [0.1, 0.15) is 16.1 Å². The fourth-order valence-corrected chi connectivity index (χ4v) is 1.39. The third kappa shape index (κ3) is 2.98. The highest BCUT2D eigenvalue weighted by Gasteiger charge is 2.09. The number of amides is 1. The van der Waals surface area contributed by atoms with Gasteiger partial charge in [-0.05, 0) is 17.7 Å². The standard InChI is InChI=1S/C11H10ClN3O2/c12-8-3-1-7(2-4-8)5-14-10(16)9-6-17-11(13)15-9/h1-4,6H,5H2,(H2,13,15)(H,14,16). The Morgan fingerprint density at radius 3 is 2.71 bits per heavy atom. The van der Waals surface area contributed by atoms with Gasteiger partial charge in [-0.15, -0.1) is 0 Å². The number of rotatable bonds is 3. The van der Waals surface area contributed by atoms with Gasteiger partial charge in [0, 0.05) is 11.6 Å². The van der Waals surface area contributed by atoms with E-state index in [1.54, 1.807) is 12.1 Å². The van der Waals surface area contributed by atoms with Crippen LogP contribution in [0, 0.1) is 0 Å². The smallest absolute Gasteiger partial charge is 0.292 e. The molecule has 0 unspecified atom stereocenters. The molecule has 0 aliphatic carbocycles. The van der Waals surface area contributed by atoms with Crippen molar-refractivity contribution in [2.45, 2.75) is 6.54 Å². The highest BCUT2D eigenvalue weighted by Crippen LogP contribution is 2.09. The maximum absolute atomic E-state index is 11.6. The highest BCUT2D eigenvalue weighted by atomic mass is 35.5. The summed E-state index contributed by atoms with van der Waals surface area (Å²) in [6, 6.07) is 7.16. The number of oxazole rings is 1. The minimum absolute atomic E-state index is 0.0263. The molecule has 1 aromatic heterocycles. The monoisotopic (exact) mass is 251 g/mol. The van der Waals surface area contributed by atoms with Crippen molar-refractivity contribution in [2.24, 2.45) is 0 Å². The number of nitrogens with two attached hydrogens (primary N) is 1. The summed E-state index contributed by atoms with van der Waals surface area (Å²) < 4.78 is 4.74. The lowest BCUT2D eigenvalue weighted by Gasteiger charge is -2.02. The Labute approximate surface area is 103 Å². The third-order valence-electron chi connectivity index (χ3n) is 2.12. The van der Waals surface area contributed by atoms with Crippen molar-refractivity contribution < 1.29 is 9.21 Å². The van der Waals surface area contributed by atoms with Gasteiger partial charge in [0.15, 0.2) is 5.69 Å². The average Bonchev–Trinajstić information content (AvgIpc) is 2.75. The van der Waals surface area contributed by atoms with Crippen LogP contribution in [0.15, 0.2) is 34.9 Å². The number of hydrogen-bond donors (Lipinski definition) is 2. The van der Waals surface area contributed by atoms with Crippen LogP contribution in [0.4, 0.5) is 6.01 Å². The van der Waals surface area contributed by atoms with Crippen LogP contribution in [0.3, 0.4) is 0 Å². The Bertz CT molecular complexity index is 522. The molecule has 2 aromatic rings. The lowest BCUT2D eigenvalue weighted by atomic mass is 10.2. The maximum Gasteiger partial charge on any atom is 0.292 e. The second-order valence-electron chi connectivity index (χ2n) is 3.38. The number of carbonyl (C=O) groups excluding carboxylic acids is 1. The van der Waals surface area contributed by atoms with Crippen LogP contribution >= 0.6 is 11.6 Å². The molecular formula is C11H10ClN3O2. The predicted octanol–water partition coefficient (Wildman–Crippen LogP) is 1.84. The molecule has 1 amide bonds. The normalized spacial score (nSPS) is 10.2. The summed E-state index contributed by atoms with van der Waals surface area (Å²) in [6.45, 7) is 0.392. The molecular weight excluding hydrogens is 242 g/mol. The molecule has 0 aliphatic rings. The van der Waals surface area contributed by atoms with Crippen molar-refractivity contribution in [1.29, 1.82) is 0 Å². The molecule has 0 fully saturated rings.